The fraction of sp³-hybridized carbons (Fsp3) is 0.632. The zero-order valence-corrected chi connectivity index (χ0v) is 14.4. The summed E-state index contributed by atoms with van der Waals surface area (Å²) in [6.45, 7) is 7.94. The van der Waals surface area contributed by atoms with Crippen LogP contribution in [-0.4, -0.2) is 43.0 Å². The van der Waals surface area contributed by atoms with Crippen LogP contribution >= 0.6 is 0 Å². The largest absolute Gasteiger partial charge is 0.348 e. The van der Waals surface area contributed by atoms with E-state index in [0.717, 1.165) is 26.2 Å². The van der Waals surface area contributed by atoms with Crippen LogP contribution in [0.2, 0.25) is 0 Å². The smallest absolute Gasteiger partial charge is 0.237 e. The highest BCUT2D eigenvalue weighted by Crippen LogP contribution is 2.24. The second-order valence-electron chi connectivity index (χ2n) is 6.93. The molecule has 0 radical (unpaired) electrons. The maximum absolute atomic E-state index is 12.5. The van der Waals surface area contributed by atoms with Crippen molar-refractivity contribution < 1.29 is 4.79 Å². The van der Waals surface area contributed by atoms with E-state index in [2.05, 4.69) is 40.7 Å². The Morgan fingerprint density at radius 2 is 1.83 bits per heavy atom. The van der Waals surface area contributed by atoms with Crippen LogP contribution in [0.15, 0.2) is 18.2 Å². The first-order chi connectivity index (χ1) is 11.1. The molecule has 1 amide bonds. The summed E-state index contributed by atoms with van der Waals surface area (Å²) in [5.74, 6) is 0.136. The summed E-state index contributed by atoms with van der Waals surface area (Å²) in [6, 6.07) is 6.75. The molecule has 1 aliphatic carbocycles. The topological polar surface area (TPSA) is 44.4 Å². The lowest BCUT2D eigenvalue weighted by atomic mass is 9.89. The number of hydrogen-bond acceptors (Lipinski definition) is 3. The van der Waals surface area contributed by atoms with Gasteiger partial charge in [-0.05, 0) is 56.2 Å². The molecular formula is C19H29N3O. The number of rotatable bonds is 4. The molecule has 1 aromatic carbocycles. The number of benzene rings is 1. The van der Waals surface area contributed by atoms with E-state index in [-0.39, 0.29) is 18.0 Å². The van der Waals surface area contributed by atoms with Gasteiger partial charge < -0.3 is 10.6 Å². The van der Waals surface area contributed by atoms with Gasteiger partial charge in [-0.2, -0.15) is 0 Å². The quantitative estimate of drug-likeness (QED) is 0.894. The van der Waals surface area contributed by atoms with Gasteiger partial charge in [-0.3, -0.25) is 9.69 Å². The van der Waals surface area contributed by atoms with Crippen molar-refractivity contribution in [3.8, 4) is 0 Å². The van der Waals surface area contributed by atoms with Crippen LogP contribution in [0.1, 0.15) is 49.4 Å². The molecule has 126 valence electrons. The molecule has 2 N–H and O–H groups in total. The van der Waals surface area contributed by atoms with Gasteiger partial charge in [0.05, 0.1) is 12.1 Å². The number of carbonyl (C=O) groups is 1. The maximum Gasteiger partial charge on any atom is 0.237 e. The molecule has 1 heterocycles. The Bertz CT molecular complexity index is 552. The Balaban J connectivity index is 1.61. The molecule has 3 rings (SSSR count). The molecule has 1 fully saturated rings. The number of carbonyl (C=O) groups excluding carboxylic acids is 1. The third-order valence-corrected chi connectivity index (χ3v) is 5.31. The molecule has 0 aromatic heterocycles. The van der Waals surface area contributed by atoms with E-state index in [0.29, 0.717) is 0 Å². The number of nitrogens with one attached hydrogen (secondary N) is 2. The molecule has 1 saturated heterocycles. The lowest BCUT2D eigenvalue weighted by molar-refractivity contribution is -0.126. The van der Waals surface area contributed by atoms with E-state index >= 15 is 0 Å². The molecule has 2 unspecified atom stereocenters. The molecule has 4 nitrogen and oxygen atoms in total. The van der Waals surface area contributed by atoms with Gasteiger partial charge in [0.1, 0.15) is 0 Å². The summed E-state index contributed by atoms with van der Waals surface area (Å²) in [7, 11) is 0. The van der Waals surface area contributed by atoms with E-state index < -0.39 is 0 Å². The van der Waals surface area contributed by atoms with Crippen LogP contribution < -0.4 is 10.6 Å². The lowest BCUT2D eigenvalue weighted by Crippen LogP contribution is -2.52. The first-order valence-electron chi connectivity index (χ1n) is 9.02. The predicted octanol–water partition coefficient (Wildman–Crippen LogP) is 2.04. The van der Waals surface area contributed by atoms with Crippen molar-refractivity contribution in [3.63, 3.8) is 0 Å². The van der Waals surface area contributed by atoms with Gasteiger partial charge >= 0.3 is 0 Å². The van der Waals surface area contributed by atoms with Crippen molar-refractivity contribution >= 4 is 5.91 Å². The number of piperazine rings is 1. The third-order valence-electron chi connectivity index (χ3n) is 5.31. The zero-order chi connectivity index (χ0) is 16.2. The Labute approximate surface area is 139 Å². The van der Waals surface area contributed by atoms with Crippen LogP contribution in [0.4, 0.5) is 0 Å². The molecule has 1 aromatic rings. The maximum atomic E-state index is 12.5. The first kappa shape index (κ1) is 16.5. The second kappa shape index (κ2) is 7.45. The second-order valence-corrected chi connectivity index (χ2v) is 6.93. The van der Waals surface area contributed by atoms with Crippen molar-refractivity contribution in [2.45, 2.75) is 51.6 Å². The number of nitrogens with zero attached hydrogens (tertiary/aromatic N) is 1. The molecule has 0 saturated carbocycles. The molecule has 4 heteroatoms. The molecule has 1 aliphatic heterocycles. The van der Waals surface area contributed by atoms with E-state index in [1.807, 2.05) is 6.92 Å². The van der Waals surface area contributed by atoms with Crippen LogP contribution in [0.5, 0.6) is 0 Å². The number of amides is 1. The molecule has 0 spiro atoms. The van der Waals surface area contributed by atoms with E-state index in [1.54, 1.807) is 0 Å². The lowest BCUT2D eigenvalue weighted by Gasteiger charge is -2.32. The minimum absolute atomic E-state index is 0.0582. The summed E-state index contributed by atoms with van der Waals surface area (Å²) in [4.78, 5) is 14.8. The summed E-state index contributed by atoms with van der Waals surface area (Å²) >= 11 is 0. The first-order valence-corrected chi connectivity index (χ1v) is 9.02. The fourth-order valence-electron chi connectivity index (χ4n) is 3.68. The number of hydrogen-bond donors (Lipinski definition) is 2. The average Bonchev–Trinajstić information content (AvgIpc) is 2.61. The number of aryl methyl sites for hydroxylation is 2. The van der Waals surface area contributed by atoms with Crippen molar-refractivity contribution in [2.24, 2.45) is 0 Å². The molecule has 2 atom stereocenters. The van der Waals surface area contributed by atoms with Crippen molar-refractivity contribution in [1.29, 1.82) is 0 Å². The van der Waals surface area contributed by atoms with Crippen molar-refractivity contribution in [3.05, 3.63) is 34.9 Å². The average molecular weight is 315 g/mol. The minimum Gasteiger partial charge on any atom is -0.348 e. The van der Waals surface area contributed by atoms with Gasteiger partial charge in [0, 0.05) is 26.2 Å². The van der Waals surface area contributed by atoms with Gasteiger partial charge in [0.25, 0.3) is 0 Å². The standard InChI is InChI=1S/C19H29N3O/c1-14(17-8-7-16-5-3-4-6-18(16)13-17)21-19(23)15(2)22-11-9-20-10-12-22/h7-8,13-15,20H,3-6,9-12H2,1-2H3,(H,21,23). The SMILES string of the molecule is CC(NC(=O)C(C)N1CCNCC1)c1ccc2c(c1)CCCC2. The molecule has 0 bridgehead atoms. The third kappa shape index (κ3) is 3.93. The Kier molecular flexibility index (Phi) is 5.34. The Hall–Kier alpha value is -1.39. The molecule has 2 aliphatic rings. The summed E-state index contributed by atoms with van der Waals surface area (Å²) in [5, 5.41) is 6.53. The van der Waals surface area contributed by atoms with E-state index in [1.165, 1.54) is 42.4 Å². The Morgan fingerprint density at radius 3 is 2.57 bits per heavy atom. The molecule has 23 heavy (non-hydrogen) atoms. The monoisotopic (exact) mass is 315 g/mol. The van der Waals surface area contributed by atoms with Crippen LogP contribution in [0.3, 0.4) is 0 Å². The van der Waals surface area contributed by atoms with Crippen LogP contribution in [0, 0.1) is 0 Å². The van der Waals surface area contributed by atoms with E-state index in [4.69, 9.17) is 0 Å². The number of fused-ring (bicyclic) bond motifs is 1. The van der Waals surface area contributed by atoms with Crippen LogP contribution in [0.25, 0.3) is 0 Å². The van der Waals surface area contributed by atoms with Crippen molar-refractivity contribution in [2.75, 3.05) is 26.2 Å². The summed E-state index contributed by atoms with van der Waals surface area (Å²) in [5.41, 5.74) is 4.20. The highest BCUT2D eigenvalue weighted by molar-refractivity contribution is 5.81. The van der Waals surface area contributed by atoms with E-state index in [9.17, 15) is 4.79 Å². The zero-order valence-electron chi connectivity index (χ0n) is 14.4. The van der Waals surface area contributed by atoms with Gasteiger partial charge in [-0.25, -0.2) is 0 Å². The normalized spacial score (nSPS) is 21.3. The summed E-state index contributed by atoms with van der Waals surface area (Å²) in [6.07, 6.45) is 4.98. The summed E-state index contributed by atoms with van der Waals surface area (Å²) < 4.78 is 0. The fourth-order valence-corrected chi connectivity index (χ4v) is 3.68. The van der Waals surface area contributed by atoms with Crippen molar-refractivity contribution in [1.82, 2.24) is 15.5 Å². The van der Waals surface area contributed by atoms with Crippen LogP contribution in [-0.2, 0) is 17.6 Å². The van der Waals surface area contributed by atoms with Gasteiger partial charge in [0.2, 0.25) is 5.91 Å². The minimum atomic E-state index is -0.0582. The van der Waals surface area contributed by atoms with Gasteiger partial charge in [-0.1, -0.05) is 18.2 Å². The van der Waals surface area contributed by atoms with Gasteiger partial charge in [-0.15, -0.1) is 0 Å². The molecular weight excluding hydrogens is 286 g/mol. The predicted molar refractivity (Wildman–Crippen MR) is 93.5 cm³/mol. The van der Waals surface area contributed by atoms with Gasteiger partial charge in [0.15, 0.2) is 0 Å². The highest BCUT2D eigenvalue weighted by atomic mass is 16.2. The highest BCUT2D eigenvalue weighted by Gasteiger charge is 2.24. The Morgan fingerprint density at radius 1 is 1.13 bits per heavy atom.